The summed E-state index contributed by atoms with van der Waals surface area (Å²) >= 11 is 0. The van der Waals surface area contributed by atoms with Crippen molar-refractivity contribution in [3.63, 3.8) is 0 Å². The van der Waals surface area contributed by atoms with Gasteiger partial charge in [-0.25, -0.2) is 0 Å². The summed E-state index contributed by atoms with van der Waals surface area (Å²) in [5.41, 5.74) is 1.26. The van der Waals surface area contributed by atoms with Crippen molar-refractivity contribution >= 4 is 11.4 Å². The fourth-order valence-corrected chi connectivity index (χ4v) is 1.66. The summed E-state index contributed by atoms with van der Waals surface area (Å²) in [7, 11) is 0. The van der Waals surface area contributed by atoms with Crippen molar-refractivity contribution in [1.29, 1.82) is 0 Å². The average Bonchev–Trinajstić information content (AvgIpc) is 2.46. The summed E-state index contributed by atoms with van der Waals surface area (Å²) < 4.78 is 0. The monoisotopic (exact) mass is 238 g/mol. The van der Waals surface area contributed by atoms with Crippen molar-refractivity contribution in [2.75, 3.05) is 0 Å². The predicted octanol–water partition coefficient (Wildman–Crippen LogP) is 2.96. The molecule has 0 aliphatic carbocycles. The fraction of sp³-hybridized carbons (Fsp3) is 0. The molecule has 90 valence electrons. The molecule has 2 aromatic rings. The lowest BCUT2D eigenvalue weighted by molar-refractivity contribution is 1.52. The Hall–Kier alpha value is -2.62. The second-order valence-electron chi connectivity index (χ2n) is 3.61. The topological polar surface area (TPSA) is 70.8 Å². The lowest BCUT2D eigenvalue weighted by Crippen LogP contribution is -2.16. The molecule has 0 atom stereocenters. The second kappa shape index (κ2) is 5.63. The first-order valence-corrected chi connectivity index (χ1v) is 5.38. The van der Waals surface area contributed by atoms with Crippen LogP contribution in [-0.2, 0) is 0 Å². The van der Waals surface area contributed by atoms with E-state index in [1.54, 1.807) is 48.5 Å². The Kier molecular flexibility index (Phi) is 3.71. The summed E-state index contributed by atoms with van der Waals surface area (Å²) in [6.07, 6.45) is 0. The van der Waals surface area contributed by atoms with Crippen LogP contribution in [0.4, 0.5) is 0 Å². The van der Waals surface area contributed by atoms with Crippen LogP contribution < -0.4 is 0 Å². The van der Waals surface area contributed by atoms with E-state index >= 15 is 0 Å². The minimum Gasteiger partial charge on any atom is -0.791 e. The molecule has 0 aliphatic heterocycles. The number of benzene rings is 2. The van der Waals surface area contributed by atoms with Crippen molar-refractivity contribution in [3.8, 4) is 0 Å². The zero-order chi connectivity index (χ0) is 12.8. The van der Waals surface area contributed by atoms with Crippen LogP contribution in [0.25, 0.3) is 0 Å². The number of rotatable bonds is 3. The van der Waals surface area contributed by atoms with E-state index in [-0.39, 0.29) is 11.4 Å². The predicted molar refractivity (Wildman–Crippen MR) is 72.7 cm³/mol. The van der Waals surface area contributed by atoms with E-state index < -0.39 is 0 Å². The number of hydrogen-bond acceptors (Lipinski definition) is 4. The first kappa shape index (κ1) is 11.9. The molecule has 18 heavy (non-hydrogen) atoms. The maximum absolute atomic E-state index is 11.0. The minimum absolute atomic E-state index is 0.0526. The molecule has 2 rings (SSSR count). The zero-order valence-electron chi connectivity index (χ0n) is 9.48. The van der Waals surface area contributed by atoms with Crippen LogP contribution in [0, 0.1) is 10.4 Å². The van der Waals surface area contributed by atoms with Gasteiger partial charge in [0.05, 0.1) is 11.4 Å². The van der Waals surface area contributed by atoms with Gasteiger partial charge in [-0.2, -0.15) is 0 Å². The molecule has 0 bridgehead atoms. The Bertz CT molecular complexity index is 509. The molecule has 0 fully saturated rings. The van der Waals surface area contributed by atoms with Crippen LogP contribution in [-0.4, -0.2) is 11.4 Å². The SMILES string of the molecule is [O-]/N=C(/C(=N/[O-])c1ccccc1)c1ccccc1. The summed E-state index contributed by atoms with van der Waals surface area (Å²) in [4.78, 5) is 0. The standard InChI is InChI=1S/C14H12N2O2/c17-15-13(11-7-3-1-4-8-11)14(16-18)12-9-5-2-6-10-12/h1-10,17-18H/p-2/b15-13+,16-14+. The summed E-state index contributed by atoms with van der Waals surface area (Å²) in [5.74, 6) is 0. The minimum atomic E-state index is 0.0526. The highest BCUT2D eigenvalue weighted by Crippen LogP contribution is 2.10. The van der Waals surface area contributed by atoms with E-state index in [0.29, 0.717) is 11.1 Å². The van der Waals surface area contributed by atoms with Gasteiger partial charge in [0.25, 0.3) is 0 Å². The molecular weight excluding hydrogens is 228 g/mol. The van der Waals surface area contributed by atoms with Gasteiger partial charge >= 0.3 is 0 Å². The van der Waals surface area contributed by atoms with Gasteiger partial charge in [-0.15, -0.1) is 0 Å². The van der Waals surface area contributed by atoms with Crippen LogP contribution in [0.15, 0.2) is 71.0 Å². The Labute approximate surface area is 105 Å². The van der Waals surface area contributed by atoms with E-state index in [2.05, 4.69) is 10.3 Å². The maximum Gasteiger partial charge on any atom is 0.0847 e. The Morgan fingerprint density at radius 1 is 0.611 bits per heavy atom. The molecular formula is C14H10N2O2-2. The Morgan fingerprint density at radius 3 is 1.22 bits per heavy atom. The summed E-state index contributed by atoms with van der Waals surface area (Å²) in [6, 6.07) is 17.6. The van der Waals surface area contributed by atoms with Gasteiger partial charge in [0, 0.05) is 11.1 Å². The van der Waals surface area contributed by atoms with Gasteiger partial charge < -0.3 is 20.7 Å². The van der Waals surface area contributed by atoms with Gasteiger partial charge in [0.15, 0.2) is 0 Å². The smallest absolute Gasteiger partial charge is 0.0847 e. The highest BCUT2D eigenvalue weighted by molar-refractivity contribution is 6.53. The molecule has 0 spiro atoms. The molecule has 0 unspecified atom stereocenters. The summed E-state index contributed by atoms with van der Waals surface area (Å²) in [5, 5.41) is 27.8. The largest absolute Gasteiger partial charge is 0.791 e. The lowest BCUT2D eigenvalue weighted by atomic mass is 10.0. The third kappa shape index (κ3) is 2.38. The fourth-order valence-electron chi connectivity index (χ4n) is 1.66. The molecule has 4 heteroatoms. The van der Waals surface area contributed by atoms with Gasteiger partial charge in [0.1, 0.15) is 0 Å². The molecule has 0 aliphatic rings. The van der Waals surface area contributed by atoms with Crippen LogP contribution >= 0.6 is 0 Å². The molecule has 0 saturated carbocycles. The van der Waals surface area contributed by atoms with E-state index in [4.69, 9.17) is 0 Å². The quantitative estimate of drug-likeness (QED) is 0.609. The molecule has 0 heterocycles. The van der Waals surface area contributed by atoms with Crippen LogP contribution in [0.5, 0.6) is 0 Å². The third-order valence-corrected chi connectivity index (χ3v) is 2.50. The highest BCUT2D eigenvalue weighted by Gasteiger charge is 2.10. The first-order valence-electron chi connectivity index (χ1n) is 5.38. The highest BCUT2D eigenvalue weighted by atomic mass is 16.4. The molecule has 2 aromatic carbocycles. The van der Waals surface area contributed by atoms with Gasteiger partial charge in [-0.1, -0.05) is 60.7 Å². The molecule has 0 saturated heterocycles. The van der Waals surface area contributed by atoms with Crippen LogP contribution in [0.2, 0.25) is 0 Å². The van der Waals surface area contributed by atoms with Crippen molar-refractivity contribution in [2.45, 2.75) is 0 Å². The Balaban J connectivity index is 2.45. The number of nitrogens with zero attached hydrogens (tertiary/aromatic N) is 2. The second-order valence-corrected chi connectivity index (χ2v) is 3.61. The average molecular weight is 238 g/mol. The van der Waals surface area contributed by atoms with Crippen molar-refractivity contribution in [3.05, 3.63) is 82.2 Å². The first-order chi connectivity index (χ1) is 8.86. The zero-order valence-corrected chi connectivity index (χ0v) is 9.48. The number of hydrogen-bond donors (Lipinski definition) is 0. The van der Waals surface area contributed by atoms with Crippen molar-refractivity contribution in [2.24, 2.45) is 10.3 Å². The molecule has 0 N–H and O–H groups in total. The van der Waals surface area contributed by atoms with Crippen LogP contribution in [0.1, 0.15) is 11.1 Å². The van der Waals surface area contributed by atoms with Gasteiger partial charge in [-0.05, 0) is 0 Å². The molecule has 0 radical (unpaired) electrons. The van der Waals surface area contributed by atoms with Gasteiger partial charge in [0.2, 0.25) is 0 Å². The summed E-state index contributed by atoms with van der Waals surface area (Å²) in [6.45, 7) is 0. The third-order valence-electron chi connectivity index (χ3n) is 2.50. The van der Waals surface area contributed by atoms with Gasteiger partial charge in [-0.3, -0.25) is 0 Å². The Morgan fingerprint density at radius 2 is 0.944 bits per heavy atom. The van der Waals surface area contributed by atoms with Crippen molar-refractivity contribution < 1.29 is 0 Å². The van der Waals surface area contributed by atoms with E-state index in [1.165, 1.54) is 0 Å². The van der Waals surface area contributed by atoms with Crippen LogP contribution in [0.3, 0.4) is 0 Å². The van der Waals surface area contributed by atoms with E-state index in [9.17, 15) is 10.4 Å². The molecule has 0 aromatic heterocycles. The molecule has 0 amide bonds. The van der Waals surface area contributed by atoms with Crippen molar-refractivity contribution in [1.82, 2.24) is 0 Å². The normalized spacial score (nSPS) is 12.4. The maximum atomic E-state index is 11.0. The van der Waals surface area contributed by atoms with E-state index in [1.807, 2.05) is 12.1 Å². The van der Waals surface area contributed by atoms with E-state index in [0.717, 1.165) is 0 Å². The lowest BCUT2D eigenvalue weighted by Gasteiger charge is -2.14. The molecule has 4 nitrogen and oxygen atoms in total.